The summed E-state index contributed by atoms with van der Waals surface area (Å²) in [6.45, 7) is 0.00362. The van der Waals surface area contributed by atoms with E-state index in [4.69, 9.17) is 45.5 Å². The maximum atomic E-state index is 14.0. The molecule has 3 aliphatic rings. The van der Waals surface area contributed by atoms with Crippen LogP contribution in [0.4, 0.5) is 4.79 Å². The van der Waals surface area contributed by atoms with Gasteiger partial charge in [0.25, 0.3) is 0 Å². The third-order valence-electron chi connectivity index (χ3n) is 7.98. The lowest BCUT2D eigenvalue weighted by molar-refractivity contribution is -0.156. The van der Waals surface area contributed by atoms with Crippen LogP contribution >= 0.6 is 36.0 Å². The van der Waals surface area contributed by atoms with Gasteiger partial charge in [-0.05, 0) is 75.4 Å². The molecule has 3 atom stereocenters. The number of hydrogen-bond acceptors (Lipinski definition) is 8. The highest BCUT2D eigenvalue weighted by atomic mass is 35.5. The minimum Gasteiger partial charge on any atom is -0.462 e. The van der Waals surface area contributed by atoms with Crippen LogP contribution in [0.3, 0.4) is 0 Å². The van der Waals surface area contributed by atoms with Crippen LogP contribution in [-0.2, 0) is 20.7 Å². The van der Waals surface area contributed by atoms with E-state index in [1.165, 1.54) is 0 Å². The highest BCUT2D eigenvalue weighted by molar-refractivity contribution is 7.78. The second-order valence-electron chi connectivity index (χ2n) is 9.87. The molecule has 3 unspecified atom stereocenters. The van der Waals surface area contributed by atoms with Gasteiger partial charge < -0.3 is 9.47 Å². The molecule has 0 saturated heterocycles. The van der Waals surface area contributed by atoms with Gasteiger partial charge in [-0.15, -0.1) is 0 Å². The molecule has 202 valence electrons. The molecule has 6 rings (SSSR count). The fraction of sp³-hybridized carbons (Fsp3) is 0.188. The van der Waals surface area contributed by atoms with Gasteiger partial charge in [0.1, 0.15) is 12.6 Å². The lowest BCUT2D eigenvalue weighted by atomic mass is 9.73. The molecule has 9 heteroatoms. The van der Waals surface area contributed by atoms with Crippen LogP contribution in [0.1, 0.15) is 28.2 Å². The van der Waals surface area contributed by atoms with Gasteiger partial charge >= 0.3 is 11.4 Å². The number of aliphatic imine (C=N–C) groups is 2. The molecule has 0 N–H and O–H groups in total. The Morgan fingerprint density at radius 3 is 2.22 bits per heavy atom. The van der Waals surface area contributed by atoms with E-state index in [1.807, 2.05) is 78.9 Å². The quantitative estimate of drug-likeness (QED) is 0.127. The molecule has 0 fully saturated rings. The van der Waals surface area contributed by atoms with E-state index in [9.17, 15) is 9.59 Å². The predicted molar refractivity (Wildman–Crippen MR) is 164 cm³/mol. The van der Waals surface area contributed by atoms with Gasteiger partial charge in [0.05, 0.1) is 10.3 Å². The number of rotatable bonds is 7. The van der Waals surface area contributed by atoms with Gasteiger partial charge in [0.15, 0.2) is 5.54 Å². The fourth-order valence-corrected chi connectivity index (χ4v) is 6.67. The number of isothiocyanates is 2. The van der Waals surface area contributed by atoms with Crippen LogP contribution in [0.25, 0.3) is 16.7 Å². The van der Waals surface area contributed by atoms with E-state index in [1.54, 1.807) is 6.08 Å². The van der Waals surface area contributed by atoms with Crippen LogP contribution in [0.15, 0.2) is 101 Å². The van der Waals surface area contributed by atoms with Crippen LogP contribution in [0, 0.1) is 0 Å². The molecule has 41 heavy (non-hydrogen) atoms. The largest absolute Gasteiger partial charge is 0.462 e. The highest BCUT2D eigenvalue weighted by Gasteiger charge is 2.58. The number of benzene rings is 3. The minimum absolute atomic E-state index is 0.00362. The summed E-state index contributed by atoms with van der Waals surface area (Å²) in [6, 6.07) is 22.9. The highest BCUT2D eigenvalue weighted by Crippen LogP contribution is 2.49. The SMILES string of the molecule is O=C(Cl)OC(C(=O)OCC1c2ccccc2-c2ccccc21)C1(N=C=S)C2=C(C=CC1N=C=S)c1ccccc1C2. The molecule has 3 aromatic rings. The zero-order valence-corrected chi connectivity index (χ0v) is 23.8. The molecule has 0 aromatic heterocycles. The summed E-state index contributed by atoms with van der Waals surface area (Å²) in [5.74, 6) is -1.05. The molecular formula is C32H21ClN2O4S2. The van der Waals surface area contributed by atoms with Gasteiger partial charge in [-0.2, -0.15) is 0 Å². The topological polar surface area (TPSA) is 77.3 Å². The number of fused-ring (bicyclic) bond motifs is 5. The number of esters is 1. The van der Waals surface area contributed by atoms with Crippen molar-refractivity contribution >= 4 is 63.3 Å². The van der Waals surface area contributed by atoms with Crippen molar-refractivity contribution in [3.05, 3.63) is 113 Å². The lowest BCUT2D eigenvalue weighted by Gasteiger charge is -2.40. The number of thiocarbonyl (C=S) groups is 2. The summed E-state index contributed by atoms with van der Waals surface area (Å²) in [7, 11) is 0. The Morgan fingerprint density at radius 1 is 0.951 bits per heavy atom. The fourth-order valence-electron chi connectivity index (χ4n) is 6.32. The van der Waals surface area contributed by atoms with Crippen molar-refractivity contribution in [1.82, 2.24) is 0 Å². The standard InChI is InChI=1S/C32H21ClN2O4S2/c33-31(37)39-29(30(36)38-16-26-23-11-5-3-9-21(23)22-10-4-6-12-24(22)26)32(35-18-41)27-15-19-7-1-2-8-20(19)25(27)13-14-28(32)34-17-40/h1-14,26,28-29H,15-16H2. The van der Waals surface area contributed by atoms with Gasteiger partial charge in [-0.3, -0.25) is 0 Å². The molecule has 0 aliphatic heterocycles. The van der Waals surface area contributed by atoms with E-state index < -0.39 is 29.1 Å². The van der Waals surface area contributed by atoms with E-state index in [-0.39, 0.29) is 12.5 Å². The molecule has 0 amide bonds. The van der Waals surface area contributed by atoms with Gasteiger partial charge in [0.2, 0.25) is 6.10 Å². The molecular weight excluding hydrogens is 576 g/mol. The predicted octanol–water partition coefficient (Wildman–Crippen LogP) is 6.98. The molecule has 0 radical (unpaired) electrons. The van der Waals surface area contributed by atoms with E-state index in [0.717, 1.165) is 39.0 Å². The molecule has 0 saturated carbocycles. The molecule has 0 spiro atoms. The van der Waals surface area contributed by atoms with Gasteiger partial charge in [-0.1, -0.05) is 84.9 Å². The summed E-state index contributed by atoms with van der Waals surface area (Å²) in [5.41, 5.74) is 4.91. The van der Waals surface area contributed by atoms with Crippen molar-refractivity contribution in [3.8, 4) is 11.1 Å². The molecule has 0 bridgehead atoms. The summed E-state index contributed by atoms with van der Waals surface area (Å²) < 4.78 is 11.5. The third-order valence-corrected chi connectivity index (χ3v) is 8.27. The second kappa shape index (κ2) is 11.1. The lowest BCUT2D eigenvalue weighted by Crippen LogP contribution is -2.57. The Kier molecular flexibility index (Phi) is 7.35. The van der Waals surface area contributed by atoms with Crippen molar-refractivity contribution in [2.75, 3.05) is 6.61 Å². The molecule has 0 heterocycles. The number of hydrogen-bond donors (Lipinski definition) is 0. The molecule has 6 nitrogen and oxygen atoms in total. The first-order chi connectivity index (χ1) is 20.0. The first kappa shape index (κ1) is 27.2. The van der Waals surface area contributed by atoms with Gasteiger partial charge in [-0.25, -0.2) is 19.6 Å². The van der Waals surface area contributed by atoms with Gasteiger partial charge in [0, 0.05) is 17.5 Å². The smallest absolute Gasteiger partial charge is 0.404 e. The number of allylic oxidation sites excluding steroid dienone is 2. The normalized spacial score (nSPS) is 20.5. The van der Waals surface area contributed by atoms with E-state index in [0.29, 0.717) is 12.0 Å². The number of halogens is 1. The van der Waals surface area contributed by atoms with Crippen LogP contribution in [-0.4, -0.2) is 46.0 Å². The number of carbonyl (C=O) groups excluding carboxylic acids is 2. The Bertz CT molecular complexity index is 1710. The Labute approximate surface area is 252 Å². The first-order valence-electron chi connectivity index (χ1n) is 12.9. The van der Waals surface area contributed by atoms with Crippen LogP contribution in [0.2, 0.25) is 0 Å². The first-order valence-corrected chi connectivity index (χ1v) is 14.1. The summed E-state index contributed by atoms with van der Waals surface area (Å²) >= 11 is 15.8. The second-order valence-corrected chi connectivity index (χ2v) is 10.5. The summed E-state index contributed by atoms with van der Waals surface area (Å²) in [6.07, 6.45) is 2.42. The number of nitrogens with zero attached hydrogens (tertiary/aromatic N) is 2. The zero-order chi connectivity index (χ0) is 28.6. The average Bonchev–Trinajstić information content (AvgIpc) is 3.52. The van der Waals surface area contributed by atoms with Crippen molar-refractivity contribution in [3.63, 3.8) is 0 Å². The van der Waals surface area contributed by atoms with E-state index in [2.05, 4.69) is 20.3 Å². The van der Waals surface area contributed by atoms with Crippen molar-refractivity contribution in [2.45, 2.75) is 30.0 Å². The van der Waals surface area contributed by atoms with Crippen molar-refractivity contribution in [2.24, 2.45) is 9.98 Å². The maximum Gasteiger partial charge on any atom is 0.404 e. The third kappa shape index (κ3) is 4.51. The number of carbonyl (C=O) groups is 2. The van der Waals surface area contributed by atoms with Crippen LogP contribution < -0.4 is 0 Å². The summed E-state index contributed by atoms with van der Waals surface area (Å²) in [4.78, 5) is 35.1. The Balaban J connectivity index is 1.41. The number of ether oxygens (including phenoxy) is 2. The molecule has 3 aliphatic carbocycles. The maximum absolute atomic E-state index is 14.0. The Morgan fingerprint density at radius 2 is 1.59 bits per heavy atom. The van der Waals surface area contributed by atoms with Crippen LogP contribution in [0.5, 0.6) is 0 Å². The minimum atomic E-state index is -1.64. The summed E-state index contributed by atoms with van der Waals surface area (Å²) in [5, 5.41) is 4.80. The molecule has 3 aromatic carbocycles. The zero-order valence-electron chi connectivity index (χ0n) is 21.5. The Hall–Kier alpha value is -4.03. The monoisotopic (exact) mass is 596 g/mol. The van der Waals surface area contributed by atoms with E-state index >= 15 is 0 Å². The average molecular weight is 597 g/mol. The van der Waals surface area contributed by atoms with Crippen molar-refractivity contribution < 1.29 is 19.1 Å². The van der Waals surface area contributed by atoms with Crippen molar-refractivity contribution in [1.29, 1.82) is 0 Å².